The van der Waals surface area contributed by atoms with Crippen LogP contribution < -0.4 is 14.8 Å². The minimum absolute atomic E-state index is 0.277. The first kappa shape index (κ1) is 20.6. The van der Waals surface area contributed by atoms with Crippen molar-refractivity contribution in [3.63, 3.8) is 0 Å². The van der Waals surface area contributed by atoms with E-state index in [1.807, 2.05) is 78.9 Å². The molecule has 0 aliphatic heterocycles. The van der Waals surface area contributed by atoms with Crippen LogP contribution in [0.1, 0.15) is 16.1 Å². The number of hydrogen-bond donors (Lipinski definition) is 2. The number of rotatable bonds is 7. The number of benzene rings is 3. The van der Waals surface area contributed by atoms with Gasteiger partial charge in [0.25, 0.3) is 5.91 Å². The Morgan fingerprint density at radius 2 is 1.61 bits per heavy atom. The number of ether oxygens (including phenoxy) is 1. The van der Waals surface area contributed by atoms with Crippen molar-refractivity contribution in [2.75, 3.05) is 17.1 Å². The number of aryl methyl sites for hydroxylation is 1. The number of hydrogen-bond acceptors (Lipinski definition) is 6. The van der Waals surface area contributed by atoms with Crippen molar-refractivity contribution in [1.29, 1.82) is 0 Å². The molecule has 0 saturated heterocycles. The van der Waals surface area contributed by atoms with Crippen LogP contribution in [-0.2, 0) is 0 Å². The van der Waals surface area contributed by atoms with E-state index in [0.29, 0.717) is 22.7 Å². The SMILES string of the molecule is COc1ccc(SNc2ccccc2NC(=O)c2c(-c3ccccc3)noc2C)cc1. The summed E-state index contributed by atoms with van der Waals surface area (Å²) in [7, 11) is 1.64. The molecule has 0 radical (unpaired) electrons. The van der Waals surface area contributed by atoms with E-state index in [1.54, 1.807) is 14.0 Å². The molecule has 0 aliphatic rings. The van der Waals surface area contributed by atoms with E-state index in [4.69, 9.17) is 9.26 Å². The zero-order valence-corrected chi connectivity index (χ0v) is 17.9. The highest BCUT2D eigenvalue weighted by molar-refractivity contribution is 8.00. The zero-order chi connectivity index (χ0) is 21.6. The van der Waals surface area contributed by atoms with Gasteiger partial charge in [-0.05, 0) is 55.3 Å². The van der Waals surface area contributed by atoms with Crippen LogP contribution in [0.5, 0.6) is 5.75 Å². The molecule has 0 aliphatic carbocycles. The lowest BCUT2D eigenvalue weighted by molar-refractivity contribution is 0.102. The third-order valence-corrected chi connectivity index (χ3v) is 5.48. The average molecular weight is 432 g/mol. The molecule has 156 valence electrons. The number of nitrogens with one attached hydrogen (secondary N) is 2. The average Bonchev–Trinajstić information content (AvgIpc) is 3.21. The number of aromatic nitrogens is 1. The largest absolute Gasteiger partial charge is 0.497 e. The summed E-state index contributed by atoms with van der Waals surface area (Å²) in [6.07, 6.45) is 0. The first-order valence-electron chi connectivity index (χ1n) is 9.64. The van der Waals surface area contributed by atoms with Gasteiger partial charge < -0.3 is 19.3 Å². The number of para-hydroxylation sites is 2. The molecule has 2 N–H and O–H groups in total. The second-order valence-electron chi connectivity index (χ2n) is 6.71. The number of anilines is 2. The molecule has 0 saturated carbocycles. The molecule has 3 aromatic carbocycles. The molecule has 1 aromatic heterocycles. The second kappa shape index (κ2) is 9.40. The van der Waals surface area contributed by atoms with E-state index in [2.05, 4.69) is 15.2 Å². The molecule has 6 nitrogen and oxygen atoms in total. The zero-order valence-electron chi connectivity index (χ0n) is 17.1. The minimum Gasteiger partial charge on any atom is -0.497 e. The standard InChI is InChI=1S/C24H21N3O3S/c1-16-22(23(26-30-16)17-8-4-3-5-9-17)24(28)25-20-10-6-7-11-21(20)27-31-19-14-12-18(29-2)13-15-19/h3-15,27H,1-2H3,(H,25,28). The summed E-state index contributed by atoms with van der Waals surface area (Å²) in [5.41, 5.74) is 3.21. The van der Waals surface area contributed by atoms with Crippen LogP contribution in [-0.4, -0.2) is 18.2 Å². The van der Waals surface area contributed by atoms with Gasteiger partial charge in [0.15, 0.2) is 0 Å². The van der Waals surface area contributed by atoms with Crippen molar-refractivity contribution >= 4 is 29.2 Å². The highest BCUT2D eigenvalue weighted by Crippen LogP contribution is 2.30. The third-order valence-electron chi connectivity index (χ3n) is 4.65. The quantitative estimate of drug-likeness (QED) is 0.348. The maximum atomic E-state index is 13.1. The molecule has 0 spiro atoms. The molecular formula is C24H21N3O3S. The number of carbonyl (C=O) groups excluding carboxylic acids is 1. The molecular weight excluding hydrogens is 410 g/mol. The van der Waals surface area contributed by atoms with Crippen LogP contribution in [0.3, 0.4) is 0 Å². The molecule has 4 aromatic rings. The second-order valence-corrected chi connectivity index (χ2v) is 7.59. The predicted molar refractivity (Wildman–Crippen MR) is 124 cm³/mol. The Labute approximate surface area is 184 Å². The summed E-state index contributed by atoms with van der Waals surface area (Å²) in [5.74, 6) is 0.992. The molecule has 0 atom stereocenters. The first-order valence-corrected chi connectivity index (χ1v) is 10.5. The van der Waals surface area contributed by atoms with Gasteiger partial charge in [-0.15, -0.1) is 0 Å². The van der Waals surface area contributed by atoms with E-state index >= 15 is 0 Å². The van der Waals surface area contributed by atoms with Crippen LogP contribution in [0.25, 0.3) is 11.3 Å². The summed E-state index contributed by atoms with van der Waals surface area (Å²) >= 11 is 1.45. The van der Waals surface area contributed by atoms with Crippen LogP contribution in [0.4, 0.5) is 11.4 Å². The summed E-state index contributed by atoms with van der Waals surface area (Å²) in [6.45, 7) is 1.73. The first-order chi connectivity index (χ1) is 15.2. The summed E-state index contributed by atoms with van der Waals surface area (Å²) in [5, 5.41) is 7.08. The van der Waals surface area contributed by atoms with Gasteiger partial charge in [-0.1, -0.05) is 47.6 Å². The Kier molecular flexibility index (Phi) is 6.24. The van der Waals surface area contributed by atoms with Gasteiger partial charge in [-0.3, -0.25) is 4.79 Å². The smallest absolute Gasteiger partial charge is 0.261 e. The van der Waals surface area contributed by atoms with E-state index in [1.165, 1.54) is 11.9 Å². The fourth-order valence-corrected chi connectivity index (χ4v) is 3.73. The van der Waals surface area contributed by atoms with Crippen LogP contribution in [0.15, 0.2) is 88.3 Å². The highest BCUT2D eigenvalue weighted by Gasteiger charge is 2.22. The van der Waals surface area contributed by atoms with Crippen LogP contribution in [0.2, 0.25) is 0 Å². The Morgan fingerprint density at radius 3 is 2.32 bits per heavy atom. The van der Waals surface area contributed by atoms with Crippen LogP contribution in [0, 0.1) is 6.92 Å². The molecule has 0 fully saturated rings. The van der Waals surface area contributed by atoms with Gasteiger partial charge in [0, 0.05) is 10.5 Å². The van der Waals surface area contributed by atoms with E-state index in [0.717, 1.165) is 21.9 Å². The maximum absolute atomic E-state index is 13.1. The van der Waals surface area contributed by atoms with Crippen molar-refractivity contribution in [1.82, 2.24) is 5.16 Å². The van der Waals surface area contributed by atoms with Crippen LogP contribution >= 0.6 is 11.9 Å². The van der Waals surface area contributed by atoms with E-state index < -0.39 is 0 Å². The lowest BCUT2D eigenvalue weighted by Crippen LogP contribution is -2.14. The lowest BCUT2D eigenvalue weighted by atomic mass is 10.1. The number of carbonyl (C=O) groups is 1. The molecule has 1 heterocycles. The summed E-state index contributed by atoms with van der Waals surface area (Å²) in [4.78, 5) is 14.1. The predicted octanol–water partition coefficient (Wildman–Crippen LogP) is 6.03. The van der Waals surface area contributed by atoms with Gasteiger partial charge in [-0.25, -0.2) is 0 Å². The number of methoxy groups -OCH3 is 1. The van der Waals surface area contributed by atoms with Gasteiger partial charge in [0.2, 0.25) is 0 Å². The Balaban J connectivity index is 1.53. The Morgan fingerprint density at radius 1 is 0.935 bits per heavy atom. The Hall–Kier alpha value is -3.71. The number of amides is 1. The third kappa shape index (κ3) is 4.73. The van der Waals surface area contributed by atoms with Gasteiger partial charge in [0.05, 0.1) is 18.5 Å². The molecule has 31 heavy (non-hydrogen) atoms. The molecule has 1 amide bonds. The minimum atomic E-state index is -0.277. The fraction of sp³-hybridized carbons (Fsp3) is 0.0833. The molecule has 7 heteroatoms. The van der Waals surface area contributed by atoms with Crippen molar-refractivity contribution in [2.24, 2.45) is 0 Å². The summed E-state index contributed by atoms with van der Waals surface area (Å²) in [6, 6.07) is 24.8. The molecule has 0 unspecified atom stereocenters. The number of nitrogens with zero attached hydrogens (tertiary/aromatic N) is 1. The molecule has 0 bridgehead atoms. The van der Waals surface area contributed by atoms with Gasteiger partial charge >= 0.3 is 0 Å². The van der Waals surface area contributed by atoms with Crippen molar-refractivity contribution in [2.45, 2.75) is 11.8 Å². The topological polar surface area (TPSA) is 76.4 Å². The van der Waals surface area contributed by atoms with E-state index in [-0.39, 0.29) is 5.91 Å². The lowest BCUT2D eigenvalue weighted by Gasteiger charge is -2.13. The van der Waals surface area contributed by atoms with Crippen molar-refractivity contribution in [3.8, 4) is 17.0 Å². The Bertz CT molecular complexity index is 1170. The highest BCUT2D eigenvalue weighted by atomic mass is 32.2. The monoisotopic (exact) mass is 431 g/mol. The fourth-order valence-electron chi connectivity index (χ4n) is 3.06. The maximum Gasteiger partial charge on any atom is 0.261 e. The molecule has 4 rings (SSSR count). The van der Waals surface area contributed by atoms with Gasteiger partial charge in [-0.2, -0.15) is 0 Å². The van der Waals surface area contributed by atoms with E-state index in [9.17, 15) is 4.79 Å². The summed E-state index contributed by atoms with van der Waals surface area (Å²) < 4.78 is 13.8. The van der Waals surface area contributed by atoms with Gasteiger partial charge in [0.1, 0.15) is 22.8 Å². The van der Waals surface area contributed by atoms with Crippen molar-refractivity contribution < 1.29 is 14.1 Å². The normalized spacial score (nSPS) is 10.5. The van der Waals surface area contributed by atoms with Crippen molar-refractivity contribution in [3.05, 3.63) is 90.2 Å².